The number of rotatable bonds is 5. The first-order chi connectivity index (χ1) is 13.5. The summed E-state index contributed by atoms with van der Waals surface area (Å²) in [5.41, 5.74) is 0.216. The van der Waals surface area contributed by atoms with Crippen molar-refractivity contribution in [2.24, 2.45) is 0 Å². The Morgan fingerprint density at radius 3 is 2.24 bits per heavy atom. The molecule has 0 aromatic heterocycles. The van der Waals surface area contributed by atoms with Gasteiger partial charge in [0.1, 0.15) is 11.4 Å². The number of amides is 1. The molecule has 1 atom stereocenters. The third-order valence-corrected chi connectivity index (χ3v) is 4.52. The van der Waals surface area contributed by atoms with Gasteiger partial charge in [-0.2, -0.15) is 0 Å². The summed E-state index contributed by atoms with van der Waals surface area (Å²) in [5.74, 6) is -0.279. The van der Waals surface area contributed by atoms with Gasteiger partial charge in [-0.05, 0) is 56.7 Å². The Kier molecular flexibility index (Phi) is 7.52. The van der Waals surface area contributed by atoms with Crippen LogP contribution in [0, 0.1) is 0 Å². The monoisotopic (exact) mass is 439 g/mol. The first-order valence-corrected chi connectivity index (χ1v) is 9.61. The molecule has 8 heteroatoms. The van der Waals surface area contributed by atoms with E-state index in [0.29, 0.717) is 16.3 Å². The van der Waals surface area contributed by atoms with Crippen LogP contribution >= 0.6 is 23.2 Å². The second-order valence-electron chi connectivity index (χ2n) is 7.46. The number of esters is 1. The number of halogens is 2. The fraction of sp³-hybridized carbons (Fsp3) is 0.333. The van der Waals surface area contributed by atoms with E-state index in [9.17, 15) is 14.7 Å². The molecule has 1 amide bonds. The molecule has 0 bridgehead atoms. The van der Waals surface area contributed by atoms with Gasteiger partial charge in [-0.1, -0.05) is 35.3 Å². The van der Waals surface area contributed by atoms with Crippen LogP contribution in [0.5, 0.6) is 5.75 Å². The number of nitrogens with zero attached hydrogens (tertiary/aromatic N) is 1. The third-order valence-electron chi connectivity index (χ3n) is 3.78. The fourth-order valence-electron chi connectivity index (χ4n) is 2.33. The van der Waals surface area contributed by atoms with Gasteiger partial charge in [0, 0.05) is 7.05 Å². The van der Waals surface area contributed by atoms with Crippen LogP contribution in [-0.2, 0) is 4.74 Å². The van der Waals surface area contributed by atoms with Crippen LogP contribution in [0.2, 0.25) is 10.0 Å². The van der Waals surface area contributed by atoms with Gasteiger partial charge in [0.25, 0.3) is 0 Å². The van der Waals surface area contributed by atoms with Gasteiger partial charge >= 0.3 is 12.1 Å². The minimum absolute atomic E-state index is 0.0529. The zero-order chi connectivity index (χ0) is 21.8. The summed E-state index contributed by atoms with van der Waals surface area (Å²) in [7, 11) is 1.55. The molecule has 0 aliphatic carbocycles. The number of carbonyl (C=O) groups excluding carboxylic acids is 2. The van der Waals surface area contributed by atoms with E-state index in [4.69, 9.17) is 32.7 Å². The van der Waals surface area contributed by atoms with Crippen molar-refractivity contribution in [1.29, 1.82) is 0 Å². The predicted octanol–water partition coefficient (Wildman–Crippen LogP) is 5.11. The molecule has 0 aliphatic rings. The molecule has 2 aromatic carbocycles. The van der Waals surface area contributed by atoms with Crippen molar-refractivity contribution in [3.8, 4) is 5.75 Å². The number of aliphatic hydroxyl groups excluding tert-OH is 1. The van der Waals surface area contributed by atoms with E-state index in [-0.39, 0.29) is 17.1 Å². The minimum atomic E-state index is -0.924. The molecule has 0 spiro atoms. The highest BCUT2D eigenvalue weighted by Crippen LogP contribution is 2.24. The lowest BCUT2D eigenvalue weighted by Gasteiger charge is -2.26. The lowest BCUT2D eigenvalue weighted by atomic mass is 10.1. The Bertz CT molecular complexity index is 878. The molecule has 6 nitrogen and oxygen atoms in total. The average Bonchev–Trinajstić information content (AvgIpc) is 2.63. The molecular weight excluding hydrogens is 417 g/mol. The second-order valence-corrected chi connectivity index (χ2v) is 8.28. The van der Waals surface area contributed by atoms with Crippen molar-refractivity contribution in [2.75, 3.05) is 13.6 Å². The molecule has 156 valence electrons. The van der Waals surface area contributed by atoms with Gasteiger partial charge < -0.3 is 19.5 Å². The lowest BCUT2D eigenvalue weighted by Crippen LogP contribution is -2.36. The molecular formula is C21H23Cl2NO5. The van der Waals surface area contributed by atoms with Gasteiger partial charge in [0.15, 0.2) is 0 Å². The summed E-state index contributed by atoms with van der Waals surface area (Å²) in [6.07, 6.45) is -1.45. The SMILES string of the molecule is CN(CC(O)c1ccc(OC(=O)c2ccc(Cl)c(Cl)c2)cc1)C(=O)OC(C)(C)C. The van der Waals surface area contributed by atoms with Crippen LogP contribution in [-0.4, -0.2) is 41.3 Å². The summed E-state index contributed by atoms with van der Waals surface area (Å²) in [5, 5.41) is 11.0. The van der Waals surface area contributed by atoms with Crippen LogP contribution in [0.25, 0.3) is 0 Å². The number of ether oxygens (including phenoxy) is 2. The summed E-state index contributed by atoms with van der Waals surface area (Å²) in [6.45, 7) is 5.37. The van der Waals surface area contributed by atoms with Crippen LogP contribution in [0.4, 0.5) is 4.79 Å². The van der Waals surface area contributed by atoms with Crippen LogP contribution in [0.1, 0.15) is 42.8 Å². The van der Waals surface area contributed by atoms with E-state index >= 15 is 0 Å². The maximum absolute atomic E-state index is 12.2. The van der Waals surface area contributed by atoms with Crippen molar-refractivity contribution < 1.29 is 24.2 Å². The Hall–Kier alpha value is -2.28. The zero-order valence-corrected chi connectivity index (χ0v) is 18.1. The second kappa shape index (κ2) is 9.48. The van der Waals surface area contributed by atoms with Gasteiger partial charge in [0.05, 0.1) is 28.3 Å². The van der Waals surface area contributed by atoms with E-state index in [1.165, 1.54) is 23.1 Å². The molecule has 0 saturated heterocycles. The van der Waals surface area contributed by atoms with E-state index in [1.54, 1.807) is 52.1 Å². The average molecular weight is 440 g/mol. The van der Waals surface area contributed by atoms with Gasteiger partial charge in [-0.3, -0.25) is 0 Å². The Morgan fingerprint density at radius 2 is 1.69 bits per heavy atom. The molecule has 2 aromatic rings. The maximum atomic E-state index is 12.2. The van der Waals surface area contributed by atoms with Gasteiger partial charge in [-0.15, -0.1) is 0 Å². The van der Waals surface area contributed by atoms with E-state index < -0.39 is 23.8 Å². The van der Waals surface area contributed by atoms with Crippen molar-refractivity contribution in [3.63, 3.8) is 0 Å². The van der Waals surface area contributed by atoms with Gasteiger partial charge in [0.2, 0.25) is 0 Å². The number of carbonyl (C=O) groups is 2. The summed E-state index contributed by atoms with van der Waals surface area (Å²) < 4.78 is 10.6. The lowest BCUT2D eigenvalue weighted by molar-refractivity contribution is 0.0205. The Labute approximate surface area is 179 Å². The smallest absolute Gasteiger partial charge is 0.410 e. The summed E-state index contributed by atoms with van der Waals surface area (Å²) >= 11 is 11.8. The first kappa shape index (κ1) is 23.0. The first-order valence-electron chi connectivity index (χ1n) is 8.85. The minimum Gasteiger partial charge on any atom is -0.444 e. The van der Waals surface area contributed by atoms with Crippen LogP contribution in [0.3, 0.4) is 0 Å². The normalized spacial score (nSPS) is 12.2. The third kappa shape index (κ3) is 6.92. The molecule has 29 heavy (non-hydrogen) atoms. The predicted molar refractivity (Wildman–Crippen MR) is 112 cm³/mol. The Morgan fingerprint density at radius 1 is 1.07 bits per heavy atom. The molecule has 0 fully saturated rings. The number of hydrogen-bond acceptors (Lipinski definition) is 5. The van der Waals surface area contributed by atoms with Gasteiger partial charge in [-0.25, -0.2) is 9.59 Å². The topological polar surface area (TPSA) is 76.1 Å². The molecule has 0 saturated carbocycles. The molecule has 2 rings (SSSR count). The molecule has 1 unspecified atom stereocenters. The van der Waals surface area contributed by atoms with E-state index in [1.807, 2.05) is 0 Å². The largest absolute Gasteiger partial charge is 0.444 e. The van der Waals surface area contributed by atoms with Crippen LogP contribution < -0.4 is 4.74 Å². The van der Waals surface area contributed by atoms with Crippen LogP contribution in [0.15, 0.2) is 42.5 Å². The number of likely N-dealkylation sites (N-methyl/N-ethyl adjacent to an activating group) is 1. The van der Waals surface area contributed by atoms with Crippen molar-refractivity contribution in [1.82, 2.24) is 4.90 Å². The molecule has 1 N–H and O–H groups in total. The zero-order valence-electron chi connectivity index (χ0n) is 16.6. The number of benzene rings is 2. The maximum Gasteiger partial charge on any atom is 0.410 e. The van der Waals surface area contributed by atoms with Crippen molar-refractivity contribution in [2.45, 2.75) is 32.5 Å². The van der Waals surface area contributed by atoms with E-state index in [2.05, 4.69) is 0 Å². The highest BCUT2D eigenvalue weighted by molar-refractivity contribution is 6.42. The van der Waals surface area contributed by atoms with Crippen molar-refractivity contribution in [3.05, 3.63) is 63.6 Å². The summed E-state index contributed by atoms with van der Waals surface area (Å²) in [6, 6.07) is 10.8. The summed E-state index contributed by atoms with van der Waals surface area (Å²) in [4.78, 5) is 25.5. The Balaban J connectivity index is 1.97. The quantitative estimate of drug-likeness (QED) is 0.517. The fourth-order valence-corrected chi connectivity index (χ4v) is 2.62. The highest BCUT2D eigenvalue weighted by Gasteiger charge is 2.22. The standard InChI is InChI=1S/C21H23Cl2NO5/c1-21(2,3)29-20(27)24(4)12-18(25)13-5-8-15(9-6-13)28-19(26)14-7-10-16(22)17(23)11-14/h5-11,18,25H,12H2,1-4H3. The number of aliphatic hydroxyl groups is 1. The number of hydrogen-bond donors (Lipinski definition) is 1. The molecule has 0 heterocycles. The molecule has 0 aliphatic heterocycles. The molecule has 0 radical (unpaired) electrons. The highest BCUT2D eigenvalue weighted by atomic mass is 35.5. The van der Waals surface area contributed by atoms with Crippen molar-refractivity contribution >= 4 is 35.3 Å². The van der Waals surface area contributed by atoms with E-state index in [0.717, 1.165) is 0 Å².